The minimum atomic E-state index is -0.770. The van der Waals surface area contributed by atoms with Crippen LogP contribution in [0.5, 0.6) is 0 Å². The van der Waals surface area contributed by atoms with Gasteiger partial charge in [0.05, 0.1) is 17.4 Å². The van der Waals surface area contributed by atoms with E-state index in [0.717, 1.165) is 25.7 Å². The molecule has 2 aromatic heterocycles. The average molecular weight is 396 g/mol. The van der Waals surface area contributed by atoms with Gasteiger partial charge in [-0.05, 0) is 37.1 Å². The maximum absolute atomic E-state index is 13.5. The van der Waals surface area contributed by atoms with E-state index in [9.17, 15) is 9.18 Å². The molecule has 2 heterocycles. The molecule has 9 nitrogen and oxygen atoms in total. The normalized spacial score (nSPS) is 19.1. The summed E-state index contributed by atoms with van der Waals surface area (Å²) in [5.74, 6) is -0.752. The maximum Gasteiger partial charge on any atom is 0.273 e. The van der Waals surface area contributed by atoms with E-state index in [1.807, 2.05) is 0 Å². The molecule has 4 rings (SSSR count). The summed E-state index contributed by atoms with van der Waals surface area (Å²) >= 11 is 0. The van der Waals surface area contributed by atoms with Crippen LogP contribution in [-0.2, 0) is 0 Å². The Labute approximate surface area is 166 Å². The van der Waals surface area contributed by atoms with Crippen molar-refractivity contribution in [3.05, 3.63) is 42.0 Å². The second-order valence-electron chi connectivity index (χ2n) is 7.08. The van der Waals surface area contributed by atoms with Gasteiger partial charge < -0.3 is 22.1 Å². The molecule has 0 radical (unpaired) electrons. The van der Waals surface area contributed by atoms with Gasteiger partial charge in [-0.3, -0.25) is 9.78 Å². The molecule has 6 N–H and O–H groups in total. The number of hydrogen-bond donors (Lipinski definition) is 4. The number of carbonyl (C=O) groups excluding carboxylic acids is 1. The van der Waals surface area contributed by atoms with Crippen molar-refractivity contribution in [3.8, 4) is 0 Å². The third-order valence-corrected chi connectivity index (χ3v) is 4.96. The van der Waals surface area contributed by atoms with Gasteiger partial charge in [0.15, 0.2) is 11.5 Å². The number of carbonyl (C=O) groups is 1. The smallest absolute Gasteiger partial charge is 0.273 e. The second-order valence-corrected chi connectivity index (χ2v) is 7.08. The average Bonchev–Trinajstić information content (AvgIpc) is 2.69. The summed E-state index contributed by atoms with van der Waals surface area (Å²) in [6.45, 7) is 0. The quantitative estimate of drug-likeness (QED) is 0.513. The predicted octanol–water partition coefficient (Wildman–Crippen LogP) is 2.08. The summed E-state index contributed by atoms with van der Waals surface area (Å²) in [6.07, 6.45) is 5.56. The number of amides is 1. The molecule has 1 fully saturated rings. The van der Waals surface area contributed by atoms with Gasteiger partial charge in [-0.25, -0.2) is 4.39 Å². The summed E-state index contributed by atoms with van der Waals surface area (Å²) in [7, 11) is 0. The molecule has 2 atom stereocenters. The van der Waals surface area contributed by atoms with Crippen molar-refractivity contribution in [2.45, 2.75) is 37.8 Å². The second kappa shape index (κ2) is 7.92. The fraction of sp³-hybridized carbons (Fsp3) is 0.316. The van der Waals surface area contributed by atoms with Crippen LogP contribution < -0.4 is 22.1 Å². The Morgan fingerprint density at radius 1 is 1.17 bits per heavy atom. The van der Waals surface area contributed by atoms with Gasteiger partial charge >= 0.3 is 0 Å². The third kappa shape index (κ3) is 4.21. The molecule has 0 bridgehead atoms. The van der Waals surface area contributed by atoms with Crippen molar-refractivity contribution in [3.63, 3.8) is 0 Å². The number of anilines is 3. The lowest BCUT2D eigenvalue weighted by Gasteiger charge is -2.29. The number of aromatic nitrogens is 4. The SMILES string of the molecule is NC(=O)c1nnc(N[C@@H]2CCCC[C@@H]2N)nc1Nc1cnc2ccc(F)cc2c1. The van der Waals surface area contributed by atoms with Gasteiger partial charge in [0.1, 0.15) is 5.82 Å². The van der Waals surface area contributed by atoms with Crippen LogP contribution in [-0.4, -0.2) is 38.2 Å². The van der Waals surface area contributed by atoms with Gasteiger partial charge in [-0.2, -0.15) is 4.98 Å². The molecule has 1 aromatic carbocycles. The first kappa shape index (κ1) is 18.9. The van der Waals surface area contributed by atoms with E-state index in [1.165, 1.54) is 12.1 Å². The highest BCUT2D eigenvalue weighted by Gasteiger charge is 2.23. The zero-order valence-corrected chi connectivity index (χ0v) is 15.6. The number of hydrogen-bond acceptors (Lipinski definition) is 8. The summed E-state index contributed by atoms with van der Waals surface area (Å²) in [4.78, 5) is 20.4. The first-order valence-corrected chi connectivity index (χ1v) is 9.38. The van der Waals surface area contributed by atoms with Crippen LogP contribution in [0.2, 0.25) is 0 Å². The molecule has 0 saturated heterocycles. The Bertz CT molecular complexity index is 1060. The molecule has 150 valence electrons. The number of fused-ring (bicyclic) bond motifs is 1. The summed E-state index contributed by atoms with van der Waals surface area (Å²) in [6, 6.07) is 6.03. The Hall–Kier alpha value is -3.40. The first-order valence-electron chi connectivity index (χ1n) is 9.38. The molecule has 0 unspecified atom stereocenters. The zero-order valence-electron chi connectivity index (χ0n) is 15.6. The van der Waals surface area contributed by atoms with E-state index in [-0.39, 0.29) is 35.4 Å². The summed E-state index contributed by atoms with van der Waals surface area (Å²) < 4.78 is 13.5. The number of halogens is 1. The Kier molecular flexibility index (Phi) is 5.17. The van der Waals surface area contributed by atoms with E-state index in [4.69, 9.17) is 11.5 Å². The van der Waals surface area contributed by atoms with Crippen molar-refractivity contribution >= 4 is 34.3 Å². The Balaban J connectivity index is 1.63. The standard InChI is InChI=1S/C19H21FN8O/c20-11-5-6-14-10(7-11)8-12(9-23-14)24-18-16(17(22)29)27-28-19(26-18)25-15-4-2-1-3-13(15)21/h5-9,13,15H,1-4,21H2,(H2,22,29)(H2,24,25,26,28)/t13-,15+/m0/s1. The lowest BCUT2D eigenvalue weighted by Crippen LogP contribution is -2.43. The van der Waals surface area contributed by atoms with Gasteiger partial charge in [-0.1, -0.05) is 12.8 Å². The highest BCUT2D eigenvalue weighted by atomic mass is 19.1. The number of primary amides is 1. The molecule has 0 spiro atoms. The fourth-order valence-corrected chi connectivity index (χ4v) is 3.45. The molecular formula is C19H21FN8O. The molecule has 1 amide bonds. The fourth-order valence-electron chi connectivity index (χ4n) is 3.45. The lowest BCUT2D eigenvalue weighted by atomic mass is 9.91. The third-order valence-electron chi connectivity index (χ3n) is 4.96. The molecule has 1 aliphatic rings. The number of nitrogens with one attached hydrogen (secondary N) is 2. The number of nitrogens with two attached hydrogens (primary N) is 2. The van der Waals surface area contributed by atoms with Crippen molar-refractivity contribution in [2.75, 3.05) is 10.6 Å². The van der Waals surface area contributed by atoms with Gasteiger partial charge in [0.25, 0.3) is 5.91 Å². The van der Waals surface area contributed by atoms with Crippen LogP contribution in [0, 0.1) is 5.82 Å². The van der Waals surface area contributed by atoms with Crippen LogP contribution in [0.3, 0.4) is 0 Å². The Morgan fingerprint density at radius 2 is 2.00 bits per heavy atom. The Morgan fingerprint density at radius 3 is 2.79 bits per heavy atom. The van der Waals surface area contributed by atoms with Crippen molar-refractivity contribution in [1.82, 2.24) is 20.2 Å². The number of nitrogens with zero attached hydrogens (tertiary/aromatic N) is 4. The highest BCUT2D eigenvalue weighted by molar-refractivity contribution is 5.96. The van der Waals surface area contributed by atoms with Crippen LogP contribution in [0.15, 0.2) is 30.5 Å². The number of benzene rings is 1. The van der Waals surface area contributed by atoms with Crippen LogP contribution >= 0.6 is 0 Å². The first-order chi connectivity index (χ1) is 14.0. The monoisotopic (exact) mass is 396 g/mol. The molecule has 10 heteroatoms. The van der Waals surface area contributed by atoms with Gasteiger partial charge in [0.2, 0.25) is 5.95 Å². The predicted molar refractivity (Wildman–Crippen MR) is 107 cm³/mol. The van der Waals surface area contributed by atoms with Crippen molar-refractivity contribution in [1.29, 1.82) is 0 Å². The van der Waals surface area contributed by atoms with E-state index in [1.54, 1.807) is 18.3 Å². The molecule has 0 aliphatic heterocycles. The van der Waals surface area contributed by atoms with E-state index >= 15 is 0 Å². The van der Waals surface area contributed by atoms with Gasteiger partial charge in [0, 0.05) is 17.5 Å². The summed E-state index contributed by atoms with van der Waals surface area (Å²) in [5, 5.41) is 14.6. The largest absolute Gasteiger partial charge is 0.364 e. The van der Waals surface area contributed by atoms with E-state index < -0.39 is 5.91 Å². The molecule has 1 saturated carbocycles. The van der Waals surface area contributed by atoms with E-state index in [0.29, 0.717) is 16.6 Å². The molecular weight excluding hydrogens is 375 g/mol. The molecule has 29 heavy (non-hydrogen) atoms. The molecule has 1 aliphatic carbocycles. The van der Waals surface area contributed by atoms with Gasteiger partial charge in [-0.15, -0.1) is 10.2 Å². The summed E-state index contributed by atoms with van der Waals surface area (Å²) in [5.41, 5.74) is 12.6. The van der Waals surface area contributed by atoms with Crippen LogP contribution in [0.1, 0.15) is 36.2 Å². The maximum atomic E-state index is 13.5. The van der Waals surface area contributed by atoms with Crippen molar-refractivity contribution < 1.29 is 9.18 Å². The number of pyridine rings is 1. The zero-order chi connectivity index (χ0) is 20.4. The highest BCUT2D eigenvalue weighted by Crippen LogP contribution is 2.24. The van der Waals surface area contributed by atoms with Crippen molar-refractivity contribution in [2.24, 2.45) is 11.5 Å². The molecule has 3 aromatic rings. The lowest BCUT2D eigenvalue weighted by molar-refractivity contribution is 0.0995. The van der Waals surface area contributed by atoms with Crippen LogP contribution in [0.25, 0.3) is 10.9 Å². The minimum absolute atomic E-state index is 0.000777. The topological polar surface area (TPSA) is 145 Å². The van der Waals surface area contributed by atoms with E-state index in [2.05, 4.69) is 30.8 Å². The minimum Gasteiger partial charge on any atom is -0.364 e. The van der Waals surface area contributed by atoms with Crippen LogP contribution in [0.4, 0.5) is 21.8 Å². The number of rotatable bonds is 5.